The Morgan fingerprint density at radius 3 is 1.63 bits per heavy atom. The maximum Gasteiger partial charge on any atom is 0.233 e. The third-order valence-corrected chi connectivity index (χ3v) is 9.04. The number of Topliss-reactive ketones (excluding diaryl/α,β-unsaturated/α-hetero) is 1. The molecule has 228 valence electrons. The van der Waals surface area contributed by atoms with Crippen molar-refractivity contribution in [3.63, 3.8) is 0 Å². The zero-order valence-electron chi connectivity index (χ0n) is 26.6. The number of nitrogens with zero attached hydrogens (tertiary/aromatic N) is 1. The first-order valence-corrected chi connectivity index (χ1v) is 16.1. The first-order valence-electron chi connectivity index (χ1n) is 14.5. The van der Waals surface area contributed by atoms with Gasteiger partial charge in [0.2, 0.25) is 22.0 Å². The van der Waals surface area contributed by atoms with Gasteiger partial charge in [-0.15, -0.1) is 0 Å². The number of carbonyl (C=O) groups is 5. The lowest BCUT2D eigenvalue weighted by molar-refractivity contribution is -0.148. The van der Waals surface area contributed by atoms with Crippen LogP contribution in [0.4, 0.5) is 0 Å². The van der Waals surface area contributed by atoms with E-state index in [1.54, 1.807) is 30.3 Å². The molecule has 1 aromatic rings. The van der Waals surface area contributed by atoms with Gasteiger partial charge >= 0.3 is 0 Å². The Labute approximate surface area is 255 Å². The minimum atomic E-state index is -1.36. The average molecular weight is 604 g/mol. The Bertz CT molecular complexity index is 1090. The molecule has 1 aromatic carbocycles. The van der Waals surface area contributed by atoms with Gasteiger partial charge in [0, 0.05) is 34.4 Å². The molecule has 0 radical (unpaired) electrons. The van der Waals surface area contributed by atoms with Gasteiger partial charge in [-0.3, -0.25) is 28.9 Å². The minimum Gasteiger partial charge on any atom is -0.294 e. The predicted molar refractivity (Wildman–Crippen MR) is 170 cm³/mol. The molecule has 2 amide bonds. The molecule has 6 nitrogen and oxygen atoms in total. The van der Waals surface area contributed by atoms with Gasteiger partial charge < -0.3 is 0 Å². The molecule has 0 aliphatic carbocycles. The van der Waals surface area contributed by atoms with Gasteiger partial charge in [-0.2, -0.15) is 0 Å². The summed E-state index contributed by atoms with van der Waals surface area (Å²) in [7, 11) is 0. The standard InChI is InChI=1S/C33H49NO5S2/c1-30(2,3)20-32(7,8)40-28(38)26(29(39)41-33(9,10)21-31(4,5)6)23(27(37)34-18-14-17-25(34)36)19-24(35)22-15-12-11-13-16-22/h11-13,15-16,23,26H,14,17-21H2,1-10H3/t23-/m0/s1. The van der Waals surface area contributed by atoms with Gasteiger partial charge in [0.05, 0.1) is 5.92 Å². The fourth-order valence-electron chi connectivity index (χ4n) is 6.09. The molecule has 1 aliphatic rings. The van der Waals surface area contributed by atoms with Crippen LogP contribution in [0.5, 0.6) is 0 Å². The average Bonchev–Trinajstić information content (AvgIpc) is 3.20. The zero-order valence-corrected chi connectivity index (χ0v) is 28.2. The molecule has 41 heavy (non-hydrogen) atoms. The number of rotatable bonds is 11. The van der Waals surface area contributed by atoms with Crippen LogP contribution in [0, 0.1) is 22.7 Å². The SMILES string of the molecule is CC(C)(C)CC(C)(C)SC(=O)C(C(=O)SC(C)(C)CC(C)(C)C)[C@H](CC(=O)c1ccccc1)C(=O)N1CCCC1=O. The topological polar surface area (TPSA) is 88.6 Å². The van der Waals surface area contributed by atoms with Crippen molar-refractivity contribution in [3.05, 3.63) is 35.9 Å². The van der Waals surface area contributed by atoms with Crippen LogP contribution < -0.4 is 0 Å². The second kappa shape index (κ2) is 13.6. The summed E-state index contributed by atoms with van der Waals surface area (Å²) >= 11 is 2.15. The van der Waals surface area contributed by atoms with Crippen molar-refractivity contribution in [2.75, 3.05) is 6.54 Å². The molecule has 1 aliphatic heterocycles. The third-order valence-electron chi connectivity index (χ3n) is 6.73. The van der Waals surface area contributed by atoms with Crippen LogP contribution in [0.15, 0.2) is 30.3 Å². The predicted octanol–water partition coefficient (Wildman–Crippen LogP) is 7.59. The van der Waals surface area contributed by atoms with Crippen molar-refractivity contribution in [2.24, 2.45) is 22.7 Å². The number of benzene rings is 1. The van der Waals surface area contributed by atoms with Gasteiger partial charge in [-0.1, -0.05) is 123 Å². The highest BCUT2D eigenvalue weighted by molar-refractivity contribution is 8.16. The van der Waals surface area contributed by atoms with E-state index in [4.69, 9.17) is 0 Å². The van der Waals surface area contributed by atoms with Crippen molar-refractivity contribution in [3.8, 4) is 0 Å². The van der Waals surface area contributed by atoms with Gasteiger partial charge in [-0.25, -0.2) is 0 Å². The van der Waals surface area contributed by atoms with Crippen molar-refractivity contribution in [1.82, 2.24) is 4.90 Å². The number of thioether (sulfide) groups is 2. The lowest BCUT2D eigenvalue weighted by Gasteiger charge is -2.35. The molecule has 1 heterocycles. The quantitative estimate of drug-likeness (QED) is 0.190. The lowest BCUT2D eigenvalue weighted by atomic mass is 9.85. The van der Waals surface area contributed by atoms with E-state index in [0.717, 1.165) is 28.4 Å². The van der Waals surface area contributed by atoms with Crippen molar-refractivity contribution in [1.29, 1.82) is 0 Å². The van der Waals surface area contributed by atoms with Crippen molar-refractivity contribution in [2.45, 2.75) is 111 Å². The molecule has 0 bridgehead atoms. The summed E-state index contributed by atoms with van der Waals surface area (Å²) in [5.41, 5.74) is 0.263. The Morgan fingerprint density at radius 2 is 1.24 bits per heavy atom. The number of amides is 2. The molecular formula is C33H49NO5S2. The van der Waals surface area contributed by atoms with Gasteiger partial charge in [0.25, 0.3) is 0 Å². The van der Waals surface area contributed by atoms with Crippen LogP contribution in [-0.2, 0) is 19.2 Å². The minimum absolute atomic E-state index is 0.0692. The molecule has 0 spiro atoms. The Kier molecular flexibility index (Phi) is 11.7. The van der Waals surface area contributed by atoms with E-state index < -0.39 is 37.5 Å². The summed E-state index contributed by atoms with van der Waals surface area (Å²) in [6.07, 6.45) is 1.84. The van der Waals surface area contributed by atoms with Gasteiger partial charge in [0.15, 0.2) is 5.78 Å². The highest BCUT2D eigenvalue weighted by Gasteiger charge is 2.47. The molecule has 1 fully saturated rings. The summed E-state index contributed by atoms with van der Waals surface area (Å²) in [5.74, 6) is -3.89. The molecule has 8 heteroatoms. The largest absolute Gasteiger partial charge is 0.294 e. The molecule has 2 rings (SSSR count). The number of carbonyl (C=O) groups excluding carboxylic acids is 5. The molecular weight excluding hydrogens is 554 g/mol. The summed E-state index contributed by atoms with van der Waals surface area (Å²) in [6, 6.07) is 8.58. The second-order valence-corrected chi connectivity index (χ2v) is 18.3. The third kappa shape index (κ3) is 11.3. The first kappa shape index (κ1) is 35.3. The molecule has 0 unspecified atom stereocenters. The van der Waals surface area contributed by atoms with E-state index in [1.807, 2.05) is 27.7 Å². The van der Waals surface area contributed by atoms with E-state index in [2.05, 4.69) is 41.5 Å². The van der Waals surface area contributed by atoms with Crippen LogP contribution in [0.3, 0.4) is 0 Å². The Balaban J connectivity index is 2.58. The summed E-state index contributed by atoms with van der Waals surface area (Å²) in [5, 5.41) is -0.844. The molecule has 1 atom stereocenters. The molecule has 1 saturated heterocycles. The van der Waals surface area contributed by atoms with E-state index in [9.17, 15) is 24.0 Å². The van der Waals surface area contributed by atoms with Crippen LogP contribution in [0.2, 0.25) is 0 Å². The fraction of sp³-hybridized carbons (Fsp3) is 0.667. The van der Waals surface area contributed by atoms with Gasteiger partial charge in [-0.05, 0) is 30.1 Å². The van der Waals surface area contributed by atoms with Crippen molar-refractivity contribution >= 4 is 51.4 Å². The molecule has 0 aromatic heterocycles. The Hall–Kier alpha value is -1.93. The summed E-state index contributed by atoms with van der Waals surface area (Å²) in [4.78, 5) is 69.6. The monoisotopic (exact) mass is 603 g/mol. The van der Waals surface area contributed by atoms with Gasteiger partial charge in [0.1, 0.15) is 5.92 Å². The zero-order chi connectivity index (χ0) is 31.4. The maximum absolute atomic E-state index is 14.2. The van der Waals surface area contributed by atoms with E-state index in [1.165, 1.54) is 0 Å². The van der Waals surface area contributed by atoms with Crippen molar-refractivity contribution < 1.29 is 24.0 Å². The Morgan fingerprint density at radius 1 is 0.780 bits per heavy atom. The molecule has 0 N–H and O–H groups in total. The smallest absolute Gasteiger partial charge is 0.233 e. The van der Waals surface area contributed by atoms with Crippen LogP contribution >= 0.6 is 23.5 Å². The first-order chi connectivity index (χ1) is 18.6. The normalized spacial score (nSPS) is 15.8. The highest BCUT2D eigenvalue weighted by atomic mass is 32.2. The van der Waals surface area contributed by atoms with E-state index >= 15 is 0 Å². The highest BCUT2D eigenvalue weighted by Crippen LogP contribution is 2.44. The summed E-state index contributed by atoms with van der Waals surface area (Å²) in [6.45, 7) is 20.7. The number of likely N-dealkylation sites (tertiary alicyclic amines) is 1. The van der Waals surface area contributed by atoms with Crippen LogP contribution in [0.1, 0.15) is 112 Å². The van der Waals surface area contributed by atoms with Crippen LogP contribution in [0.25, 0.3) is 0 Å². The number of hydrogen-bond acceptors (Lipinski definition) is 7. The number of imide groups is 1. The maximum atomic E-state index is 14.2. The number of ketones is 1. The van der Waals surface area contributed by atoms with Crippen LogP contribution in [-0.4, -0.2) is 48.8 Å². The van der Waals surface area contributed by atoms with E-state index in [0.29, 0.717) is 24.8 Å². The second-order valence-electron chi connectivity index (χ2n) is 14.9. The molecule has 0 saturated carbocycles. The summed E-state index contributed by atoms with van der Waals surface area (Å²) < 4.78 is -1.03. The number of hydrogen-bond donors (Lipinski definition) is 0. The fourth-order valence-corrected chi connectivity index (χ4v) is 9.06. The lowest BCUT2D eigenvalue weighted by Crippen LogP contribution is -2.45. The van der Waals surface area contributed by atoms with E-state index in [-0.39, 0.29) is 41.9 Å².